The fraction of sp³-hybridized carbons (Fsp3) is 0.300. The normalized spacial score (nSPS) is 14.5. The lowest BCUT2D eigenvalue weighted by Gasteiger charge is -2.34. The van der Waals surface area contributed by atoms with E-state index in [9.17, 15) is 22.7 Å². The number of nitrogens with one attached hydrogen (secondary N) is 1. The van der Waals surface area contributed by atoms with Crippen LogP contribution in [0.25, 0.3) is 0 Å². The molecule has 0 spiro atoms. The highest BCUT2D eigenvalue weighted by Crippen LogP contribution is 2.32. The van der Waals surface area contributed by atoms with Gasteiger partial charge in [-0.1, -0.05) is 31.2 Å². The molecule has 0 aliphatic carbocycles. The zero-order valence-corrected chi connectivity index (χ0v) is 16.3. The van der Waals surface area contributed by atoms with E-state index in [-0.39, 0.29) is 6.42 Å². The van der Waals surface area contributed by atoms with Gasteiger partial charge in [-0.05, 0) is 48.7 Å². The Labute approximate surface area is 163 Å². The smallest absolute Gasteiger partial charge is 0.405 e. The van der Waals surface area contributed by atoms with Crippen molar-refractivity contribution in [3.63, 3.8) is 0 Å². The number of sulfone groups is 1. The fourth-order valence-electron chi connectivity index (χ4n) is 3.06. The van der Waals surface area contributed by atoms with Gasteiger partial charge in [0, 0.05) is 0 Å². The van der Waals surface area contributed by atoms with Gasteiger partial charge in [-0.3, -0.25) is 0 Å². The average Bonchev–Trinajstić information content (AvgIpc) is 2.66. The van der Waals surface area contributed by atoms with E-state index >= 15 is 0 Å². The molecule has 28 heavy (non-hydrogen) atoms. The first kappa shape index (κ1) is 21.4. The lowest BCUT2D eigenvalue weighted by atomic mass is 9.89. The van der Waals surface area contributed by atoms with Crippen LogP contribution in [-0.2, 0) is 15.4 Å². The van der Waals surface area contributed by atoms with Gasteiger partial charge in [0.05, 0.1) is 28.2 Å². The van der Waals surface area contributed by atoms with Gasteiger partial charge in [-0.15, -0.1) is 0 Å². The molecule has 2 N–H and O–H groups in total. The maximum Gasteiger partial charge on any atom is 0.405 e. The number of carbonyl (C=O) groups is 1. The van der Waals surface area contributed by atoms with E-state index < -0.39 is 38.3 Å². The number of halogens is 1. The maximum atomic E-state index is 13.3. The van der Waals surface area contributed by atoms with Crippen LogP contribution < -0.4 is 5.32 Å². The second-order valence-corrected chi connectivity index (χ2v) is 8.88. The van der Waals surface area contributed by atoms with Gasteiger partial charge >= 0.3 is 6.09 Å². The number of amides is 1. The highest BCUT2D eigenvalue weighted by Gasteiger charge is 2.39. The third-order valence-electron chi connectivity index (χ3n) is 4.84. The average molecular weight is 404 g/mol. The van der Waals surface area contributed by atoms with Crippen LogP contribution in [0.5, 0.6) is 0 Å². The number of benzene rings is 2. The van der Waals surface area contributed by atoms with Crippen LogP contribution in [-0.4, -0.2) is 25.4 Å². The maximum absolute atomic E-state index is 13.3. The van der Waals surface area contributed by atoms with Crippen molar-refractivity contribution in [3.05, 3.63) is 71.0 Å². The number of hydrogen-bond donors (Lipinski definition) is 2. The van der Waals surface area contributed by atoms with E-state index in [1.807, 2.05) is 6.07 Å². The molecular formula is C20H21FN2O4S. The summed E-state index contributed by atoms with van der Waals surface area (Å²) in [5.41, 5.74) is -0.137. The minimum Gasteiger partial charge on any atom is -0.465 e. The summed E-state index contributed by atoms with van der Waals surface area (Å²) in [5.74, 6) is -0.992. The first-order chi connectivity index (χ1) is 13.1. The fourth-order valence-corrected chi connectivity index (χ4v) is 5.02. The van der Waals surface area contributed by atoms with E-state index in [0.29, 0.717) is 16.7 Å². The standard InChI is InChI=1S/C20H21FN2O4S/c1-3-20(23-19(24)25,17-8-10-18(21)11-9-17)13-28(26,27)14(2)16-6-4-15(12-22)5-7-16/h4-11,14,23H,3,13H2,1-2H3,(H,24,25)/t14-,20?/m0/s1. The van der Waals surface area contributed by atoms with Crippen molar-refractivity contribution >= 4 is 15.9 Å². The minimum atomic E-state index is -3.81. The Hall–Kier alpha value is -2.92. The summed E-state index contributed by atoms with van der Waals surface area (Å²) >= 11 is 0. The molecule has 0 fully saturated rings. The second-order valence-electron chi connectivity index (χ2n) is 6.56. The Bertz CT molecular complexity index is 982. The summed E-state index contributed by atoms with van der Waals surface area (Å²) < 4.78 is 39.5. The predicted octanol–water partition coefficient (Wildman–Crippen LogP) is 3.75. The number of hydrogen-bond acceptors (Lipinski definition) is 4. The Morgan fingerprint density at radius 1 is 1.21 bits per heavy atom. The molecular weight excluding hydrogens is 383 g/mol. The molecule has 0 aliphatic rings. The van der Waals surface area contributed by atoms with E-state index in [4.69, 9.17) is 5.26 Å². The van der Waals surface area contributed by atoms with E-state index in [2.05, 4.69) is 5.32 Å². The summed E-state index contributed by atoms with van der Waals surface area (Å²) in [7, 11) is -3.81. The van der Waals surface area contributed by atoms with Crippen molar-refractivity contribution in [2.75, 3.05) is 5.75 Å². The second kappa shape index (κ2) is 8.40. The van der Waals surface area contributed by atoms with Crippen molar-refractivity contribution in [1.29, 1.82) is 5.26 Å². The Morgan fingerprint density at radius 2 is 1.79 bits per heavy atom. The van der Waals surface area contributed by atoms with Crippen LogP contribution in [0.4, 0.5) is 9.18 Å². The number of rotatable bonds is 7. The van der Waals surface area contributed by atoms with Crippen molar-refractivity contribution in [2.24, 2.45) is 0 Å². The molecule has 1 amide bonds. The predicted molar refractivity (Wildman–Crippen MR) is 103 cm³/mol. The number of carboxylic acid groups (broad SMARTS) is 1. The van der Waals surface area contributed by atoms with Crippen molar-refractivity contribution in [2.45, 2.75) is 31.1 Å². The molecule has 0 bridgehead atoms. The summed E-state index contributed by atoms with van der Waals surface area (Å²) in [4.78, 5) is 11.4. The molecule has 2 aromatic carbocycles. The number of nitriles is 1. The first-order valence-corrected chi connectivity index (χ1v) is 10.3. The molecule has 0 saturated heterocycles. The highest BCUT2D eigenvalue weighted by atomic mass is 32.2. The molecule has 2 aromatic rings. The van der Waals surface area contributed by atoms with Gasteiger partial charge in [0.1, 0.15) is 5.82 Å². The molecule has 6 nitrogen and oxygen atoms in total. The van der Waals surface area contributed by atoms with Gasteiger partial charge in [-0.25, -0.2) is 17.6 Å². The highest BCUT2D eigenvalue weighted by molar-refractivity contribution is 7.91. The van der Waals surface area contributed by atoms with Crippen molar-refractivity contribution in [1.82, 2.24) is 5.32 Å². The SMILES string of the molecule is CCC(CS(=O)(=O)[C@@H](C)c1ccc(C#N)cc1)(NC(=O)O)c1ccc(F)cc1. The van der Waals surface area contributed by atoms with Crippen LogP contribution in [0.2, 0.25) is 0 Å². The van der Waals surface area contributed by atoms with Crippen molar-refractivity contribution in [3.8, 4) is 6.07 Å². The van der Waals surface area contributed by atoms with E-state index in [1.54, 1.807) is 19.1 Å². The quantitative estimate of drug-likeness (QED) is 0.731. The number of nitrogens with zero attached hydrogens (tertiary/aromatic N) is 1. The van der Waals surface area contributed by atoms with Gasteiger partial charge in [0.25, 0.3) is 0 Å². The van der Waals surface area contributed by atoms with E-state index in [1.165, 1.54) is 43.3 Å². The Balaban J connectivity index is 2.44. The van der Waals surface area contributed by atoms with Crippen LogP contribution in [0.15, 0.2) is 48.5 Å². The Morgan fingerprint density at radius 3 is 2.25 bits per heavy atom. The van der Waals surface area contributed by atoms with Crippen molar-refractivity contribution < 1.29 is 22.7 Å². The molecule has 2 atom stereocenters. The lowest BCUT2D eigenvalue weighted by molar-refractivity contribution is 0.179. The lowest BCUT2D eigenvalue weighted by Crippen LogP contribution is -2.50. The van der Waals surface area contributed by atoms with Gasteiger partial charge in [0.15, 0.2) is 9.84 Å². The molecule has 0 aromatic heterocycles. The summed E-state index contributed by atoms with van der Waals surface area (Å²) in [5, 5.41) is 19.6. The molecule has 8 heteroatoms. The summed E-state index contributed by atoms with van der Waals surface area (Å²) in [6.45, 7) is 3.18. The largest absolute Gasteiger partial charge is 0.465 e. The van der Waals surface area contributed by atoms with Crippen LogP contribution in [0.1, 0.15) is 42.2 Å². The molecule has 148 valence electrons. The van der Waals surface area contributed by atoms with E-state index in [0.717, 1.165) is 0 Å². The van der Waals surface area contributed by atoms with Crippen LogP contribution in [0.3, 0.4) is 0 Å². The molecule has 0 radical (unpaired) electrons. The summed E-state index contributed by atoms with van der Waals surface area (Å²) in [6.07, 6.45) is -1.21. The minimum absolute atomic E-state index is 0.157. The molecule has 1 unspecified atom stereocenters. The zero-order valence-electron chi connectivity index (χ0n) is 15.5. The third kappa shape index (κ3) is 4.67. The third-order valence-corrected chi connectivity index (χ3v) is 7.09. The monoisotopic (exact) mass is 404 g/mol. The zero-order chi connectivity index (χ0) is 20.9. The molecule has 0 saturated carbocycles. The van der Waals surface area contributed by atoms with Crippen LogP contribution in [0, 0.1) is 17.1 Å². The van der Waals surface area contributed by atoms with Crippen LogP contribution >= 0.6 is 0 Å². The topological polar surface area (TPSA) is 107 Å². The molecule has 0 aliphatic heterocycles. The summed E-state index contributed by atoms with van der Waals surface area (Å²) in [6, 6.07) is 13.3. The van der Waals surface area contributed by atoms with Gasteiger partial charge in [-0.2, -0.15) is 5.26 Å². The molecule has 2 rings (SSSR count). The first-order valence-electron chi connectivity index (χ1n) is 8.62. The van der Waals surface area contributed by atoms with Gasteiger partial charge < -0.3 is 10.4 Å². The molecule has 0 heterocycles. The van der Waals surface area contributed by atoms with Gasteiger partial charge in [0.2, 0.25) is 0 Å². The Kier molecular flexibility index (Phi) is 6.41.